The van der Waals surface area contributed by atoms with Crippen LogP contribution in [0.5, 0.6) is 5.75 Å². The molecular formula is C13H21N3O4. The maximum atomic E-state index is 8.82. The van der Waals surface area contributed by atoms with Gasteiger partial charge in [0.1, 0.15) is 12.4 Å². The first kappa shape index (κ1) is 16.2. The fourth-order valence-corrected chi connectivity index (χ4v) is 1.72. The van der Waals surface area contributed by atoms with Crippen molar-refractivity contribution in [3.63, 3.8) is 0 Å². The maximum Gasteiger partial charge on any atom is 0.175 e. The van der Waals surface area contributed by atoms with Gasteiger partial charge in [-0.15, -0.1) is 0 Å². The Morgan fingerprint density at radius 3 is 2.65 bits per heavy atom. The molecule has 1 heterocycles. The van der Waals surface area contributed by atoms with Crippen molar-refractivity contribution in [1.29, 1.82) is 0 Å². The molecule has 0 amide bonds. The van der Waals surface area contributed by atoms with Gasteiger partial charge in [0.15, 0.2) is 5.84 Å². The van der Waals surface area contributed by atoms with Crippen LogP contribution in [0.4, 0.5) is 0 Å². The van der Waals surface area contributed by atoms with E-state index in [0.717, 1.165) is 5.69 Å². The summed E-state index contributed by atoms with van der Waals surface area (Å²) in [6.07, 6.45) is 0. The zero-order chi connectivity index (χ0) is 15.0. The average molecular weight is 283 g/mol. The van der Waals surface area contributed by atoms with E-state index in [1.54, 1.807) is 20.1 Å². The van der Waals surface area contributed by atoms with Crippen LogP contribution < -0.4 is 10.5 Å². The summed E-state index contributed by atoms with van der Waals surface area (Å²) in [5.74, 6) is 0.506. The van der Waals surface area contributed by atoms with Crippen LogP contribution in [0, 0.1) is 13.8 Å². The molecule has 1 rings (SSSR count). The summed E-state index contributed by atoms with van der Waals surface area (Å²) >= 11 is 0. The highest BCUT2D eigenvalue weighted by molar-refractivity contribution is 6.00. The van der Waals surface area contributed by atoms with Crippen LogP contribution in [-0.4, -0.2) is 49.6 Å². The number of rotatable bonds is 8. The fourth-order valence-electron chi connectivity index (χ4n) is 1.72. The van der Waals surface area contributed by atoms with Crippen LogP contribution in [0.1, 0.15) is 17.0 Å². The number of nitrogens with two attached hydrogens (primary N) is 1. The number of ether oxygens (including phenoxy) is 3. The number of aromatic nitrogens is 1. The van der Waals surface area contributed by atoms with Crippen LogP contribution in [0.25, 0.3) is 0 Å². The van der Waals surface area contributed by atoms with E-state index < -0.39 is 0 Å². The van der Waals surface area contributed by atoms with Crippen molar-refractivity contribution in [3.05, 3.63) is 23.0 Å². The lowest BCUT2D eigenvalue weighted by atomic mass is 10.1. The molecular weight excluding hydrogens is 262 g/mol. The van der Waals surface area contributed by atoms with Gasteiger partial charge in [-0.25, -0.2) is 0 Å². The highest BCUT2D eigenvalue weighted by atomic mass is 16.5. The summed E-state index contributed by atoms with van der Waals surface area (Å²) in [5.41, 5.74) is 7.59. The standard InChI is InChI=1S/C13H21N3O4/c1-9-8-11(20-7-6-19-5-4-18-3)12(10(2)15-9)13(14)16-17/h8,17H,4-7H2,1-3H3,(H2,14,16). The number of aryl methyl sites for hydroxylation is 2. The van der Waals surface area contributed by atoms with E-state index >= 15 is 0 Å². The number of nitrogens with zero attached hydrogens (tertiary/aromatic N) is 2. The molecule has 0 atom stereocenters. The number of amidine groups is 1. The van der Waals surface area contributed by atoms with Crippen LogP contribution in [0.15, 0.2) is 11.2 Å². The molecule has 20 heavy (non-hydrogen) atoms. The Labute approximate surface area is 118 Å². The van der Waals surface area contributed by atoms with Gasteiger partial charge in [0.2, 0.25) is 0 Å². The minimum absolute atomic E-state index is 0.0229. The van der Waals surface area contributed by atoms with E-state index in [9.17, 15) is 0 Å². The third kappa shape index (κ3) is 4.67. The Hall–Kier alpha value is -1.86. The first-order valence-corrected chi connectivity index (χ1v) is 6.25. The normalized spacial score (nSPS) is 11.7. The molecule has 0 aliphatic heterocycles. The van der Waals surface area contributed by atoms with Gasteiger partial charge in [-0.05, 0) is 13.8 Å². The molecule has 0 spiro atoms. The van der Waals surface area contributed by atoms with Gasteiger partial charge < -0.3 is 25.2 Å². The van der Waals surface area contributed by atoms with Crippen LogP contribution in [-0.2, 0) is 9.47 Å². The summed E-state index contributed by atoms with van der Waals surface area (Å²) in [5, 5.41) is 11.8. The average Bonchev–Trinajstić information content (AvgIpc) is 2.41. The van der Waals surface area contributed by atoms with E-state index in [0.29, 0.717) is 43.4 Å². The van der Waals surface area contributed by atoms with E-state index in [1.807, 2.05) is 6.92 Å². The summed E-state index contributed by atoms with van der Waals surface area (Å²) in [6, 6.07) is 1.75. The zero-order valence-corrected chi connectivity index (χ0v) is 12.0. The van der Waals surface area contributed by atoms with Crippen molar-refractivity contribution in [3.8, 4) is 5.75 Å². The smallest absolute Gasteiger partial charge is 0.175 e. The van der Waals surface area contributed by atoms with Crippen molar-refractivity contribution >= 4 is 5.84 Å². The predicted octanol–water partition coefficient (Wildman–Crippen LogP) is 0.835. The van der Waals surface area contributed by atoms with E-state index in [2.05, 4.69) is 10.1 Å². The summed E-state index contributed by atoms with van der Waals surface area (Å²) < 4.78 is 15.8. The molecule has 0 saturated carbocycles. The highest BCUT2D eigenvalue weighted by Gasteiger charge is 2.14. The largest absolute Gasteiger partial charge is 0.490 e. The minimum atomic E-state index is -0.0229. The second-order valence-electron chi connectivity index (χ2n) is 4.16. The molecule has 1 aromatic rings. The van der Waals surface area contributed by atoms with Gasteiger partial charge >= 0.3 is 0 Å². The molecule has 0 fully saturated rings. The summed E-state index contributed by atoms with van der Waals surface area (Å²) in [4.78, 5) is 4.27. The van der Waals surface area contributed by atoms with Crippen molar-refractivity contribution < 1.29 is 19.4 Å². The van der Waals surface area contributed by atoms with Gasteiger partial charge in [-0.2, -0.15) is 0 Å². The van der Waals surface area contributed by atoms with Crippen LogP contribution in [0.3, 0.4) is 0 Å². The highest BCUT2D eigenvalue weighted by Crippen LogP contribution is 2.22. The minimum Gasteiger partial charge on any atom is -0.490 e. The first-order valence-electron chi connectivity index (χ1n) is 6.25. The van der Waals surface area contributed by atoms with Gasteiger partial charge in [-0.3, -0.25) is 4.98 Å². The lowest BCUT2D eigenvalue weighted by molar-refractivity contribution is 0.0543. The molecule has 0 aromatic carbocycles. The van der Waals surface area contributed by atoms with E-state index in [1.165, 1.54) is 0 Å². The Morgan fingerprint density at radius 2 is 2.00 bits per heavy atom. The Morgan fingerprint density at radius 1 is 1.30 bits per heavy atom. The van der Waals surface area contributed by atoms with Gasteiger partial charge in [-0.1, -0.05) is 5.16 Å². The lowest BCUT2D eigenvalue weighted by Crippen LogP contribution is -2.19. The molecule has 7 nitrogen and oxygen atoms in total. The molecule has 0 aliphatic carbocycles. The third-order valence-corrected chi connectivity index (χ3v) is 2.57. The number of hydrogen-bond donors (Lipinski definition) is 2. The topological polar surface area (TPSA) is 99.2 Å². The Balaban J connectivity index is 2.68. The van der Waals surface area contributed by atoms with Crippen LogP contribution >= 0.6 is 0 Å². The second-order valence-corrected chi connectivity index (χ2v) is 4.16. The molecule has 1 aromatic heterocycles. The molecule has 0 unspecified atom stereocenters. The van der Waals surface area contributed by atoms with Crippen molar-refractivity contribution in [2.24, 2.45) is 10.9 Å². The molecule has 7 heteroatoms. The number of hydrogen-bond acceptors (Lipinski definition) is 6. The first-order chi connectivity index (χ1) is 9.60. The number of oxime groups is 1. The van der Waals surface area contributed by atoms with E-state index in [4.69, 9.17) is 25.2 Å². The van der Waals surface area contributed by atoms with Gasteiger partial charge in [0, 0.05) is 18.9 Å². The van der Waals surface area contributed by atoms with Gasteiger partial charge in [0.05, 0.1) is 31.1 Å². The predicted molar refractivity (Wildman–Crippen MR) is 74.4 cm³/mol. The molecule has 112 valence electrons. The maximum absolute atomic E-state index is 8.82. The van der Waals surface area contributed by atoms with E-state index in [-0.39, 0.29) is 5.84 Å². The summed E-state index contributed by atoms with van der Waals surface area (Å²) in [6.45, 7) is 5.48. The van der Waals surface area contributed by atoms with Crippen molar-refractivity contribution in [2.75, 3.05) is 33.5 Å². The Kier molecular flexibility index (Phi) is 6.75. The number of methoxy groups -OCH3 is 1. The van der Waals surface area contributed by atoms with Crippen molar-refractivity contribution in [2.45, 2.75) is 13.8 Å². The quantitative estimate of drug-likeness (QED) is 0.241. The summed E-state index contributed by atoms with van der Waals surface area (Å²) in [7, 11) is 1.62. The molecule has 0 saturated heterocycles. The molecule has 0 bridgehead atoms. The molecule has 3 N–H and O–H groups in total. The second kappa shape index (κ2) is 8.34. The Bertz CT molecular complexity index is 463. The fraction of sp³-hybridized carbons (Fsp3) is 0.538. The van der Waals surface area contributed by atoms with Crippen molar-refractivity contribution in [1.82, 2.24) is 4.98 Å². The monoisotopic (exact) mass is 283 g/mol. The molecule has 0 aliphatic rings. The molecule has 0 radical (unpaired) electrons. The SMILES string of the molecule is COCCOCCOc1cc(C)nc(C)c1/C(N)=N/O. The zero-order valence-electron chi connectivity index (χ0n) is 12.0. The van der Waals surface area contributed by atoms with Gasteiger partial charge in [0.25, 0.3) is 0 Å². The van der Waals surface area contributed by atoms with Crippen LogP contribution in [0.2, 0.25) is 0 Å². The number of pyridine rings is 1. The lowest BCUT2D eigenvalue weighted by Gasteiger charge is -2.13. The third-order valence-electron chi connectivity index (χ3n) is 2.57.